The number of phenolic OH excluding ortho intramolecular Hbond substituents is 1. The Morgan fingerprint density at radius 1 is 0.810 bits per heavy atom. The number of rotatable bonds is 0. The summed E-state index contributed by atoms with van der Waals surface area (Å²) in [5, 5.41) is 18.1. The molecule has 0 bridgehead atoms. The maximum Gasteiger partial charge on any atom is 0.115 e. The minimum absolute atomic E-state index is 0.220. The largest absolute Gasteiger partial charge is 0.508 e. The minimum Gasteiger partial charge on any atom is -0.508 e. The van der Waals surface area contributed by atoms with Crippen LogP contribution >= 0.6 is 0 Å². The van der Waals surface area contributed by atoms with E-state index in [0.29, 0.717) is 11.1 Å². The van der Waals surface area contributed by atoms with E-state index in [9.17, 15) is 0 Å². The SMILES string of the molecule is N#Cc1ccccc1C#CC=CC#Cc1ccc(O)cc1. The fourth-order valence-corrected chi connectivity index (χ4v) is 1.56. The third-order valence-electron chi connectivity index (χ3n) is 2.59. The predicted molar refractivity (Wildman–Crippen MR) is 82.2 cm³/mol. The summed E-state index contributed by atoms with van der Waals surface area (Å²) in [4.78, 5) is 0. The van der Waals surface area contributed by atoms with Crippen LogP contribution < -0.4 is 0 Å². The van der Waals surface area contributed by atoms with Crippen LogP contribution in [0.15, 0.2) is 60.7 Å². The van der Waals surface area contributed by atoms with E-state index in [1.54, 1.807) is 42.5 Å². The zero-order valence-electron chi connectivity index (χ0n) is 11.2. The maximum atomic E-state index is 9.15. The first-order valence-corrected chi connectivity index (χ1v) is 6.26. The Morgan fingerprint density at radius 3 is 2.10 bits per heavy atom. The maximum absolute atomic E-state index is 9.15. The Morgan fingerprint density at radius 2 is 1.43 bits per heavy atom. The predicted octanol–water partition coefficient (Wildman–Crippen LogP) is 3.22. The molecule has 2 aromatic carbocycles. The average Bonchev–Trinajstić information content (AvgIpc) is 2.53. The number of hydrogen-bond donors (Lipinski definition) is 1. The van der Waals surface area contributed by atoms with Crippen LogP contribution in [0, 0.1) is 35.0 Å². The van der Waals surface area contributed by atoms with Crippen molar-refractivity contribution in [2.45, 2.75) is 0 Å². The fourth-order valence-electron chi connectivity index (χ4n) is 1.56. The minimum atomic E-state index is 0.220. The number of nitrogens with zero attached hydrogens (tertiary/aromatic N) is 1. The number of allylic oxidation sites excluding steroid dienone is 2. The molecule has 0 unspecified atom stereocenters. The molecule has 0 amide bonds. The zero-order chi connectivity index (χ0) is 14.9. The molecule has 98 valence electrons. The first-order valence-electron chi connectivity index (χ1n) is 6.26. The van der Waals surface area contributed by atoms with E-state index >= 15 is 0 Å². The third-order valence-corrected chi connectivity index (χ3v) is 2.59. The molecule has 0 fully saturated rings. The molecule has 0 saturated heterocycles. The lowest BCUT2D eigenvalue weighted by Gasteiger charge is -1.91. The smallest absolute Gasteiger partial charge is 0.115 e. The molecule has 2 rings (SSSR count). The van der Waals surface area contributed by atoms with E-state index < -0.39 is 0 Å². The molecule has 1 N–H and O–H groups in total. The van der Waals surface area contributed by atoms with Gasteiger partial charge in [-0.15, -0.1) is 0 Å². The molecule has 0 aliphatic heterocycles. The monoisotopic (exact) mass is 269 g/mol. The molecule has 2 nitrogen and oxygen atoms in total. The lowest BCUT2D eigenvalue weighted by atomic mass is 10.1. The van der Waals surface area contributed by atoms with Gasteiger partial charge in [-0.1, -0.05) is 35.8 Å². The van der Waals surface area contributed by atoms with Crippen molar-refractivity contribution in [3.05, 3.63) is 77.4 Å². The summed E-state index contributed by atoms with van der Waals surface area (Å²) in [6.07, 6.45) is 3.29. The van der Waals surface area contributed by atoms with Crippen molar-refractivity contribution in [2.75, 3.05) is 0 Å². The lowest BCUT2D eigenvalue weighted by molar-refractivity contribution is 0.475. The van der Waals surface area contributed by atoms with Gasteiger partial charge in [0, 0.05) is 11.1 Å². The lowest BCUT2D eigenvalue weighted by Crippen LogP contribution is -1.80. The van der Waals surface area contributed by atoms with Gasteiger partial charge in [-0.25, -0.2) is 0 Å². The van der Waals surface area contributed by atoms with Gasteiger partial charge in [0.2, 0.25) is 0 Å². The molecule has 0 aliphatic rings. The van der Waals surface area contributed by atoms with Gasteiger partial charge >= 0.3 is 0 Å². The molecule has 2 heteroatoms. The summed E-state index contributed by atoms with van der Waals surface area (Å²) in [5.41, 5.74) is 2.09. The van der Waals surface area contributed by atoms with E-state index in [1.807, 2.05) is 18.2 Å². The molecule has 0 saturated carbocycles. The van der Waals surface area contributed by atoms with Crippen LogP contribution in [0.4, 0.5) is 0 Å². The Balaban J connectivity index is 2.03. The van der Waals surface area contributed by atoms with Crippen molar-refractivity contribution in [1.82, 2.24) is 0 Å². The molecule has 0 spiro atoms. The second kappa shape index (κ2) is 7.25. The Kier molecular flexibility index (Phi) is 4.83. The molecule has 0 aliphatic carbocycles. The van der Waals surface area contributed by atoms with E-state index in [4.69, 9.17) is 10.4 Å². The topological polar surface area (TPSA) is 44.0 Å². The standard InChI is InChI=1S/C19H11NO/c20-15-18-10-6-5-9-17(18)8-4-2-1-3-7-16-11-13-19(21)14-12-16/h1-2,5-6,9-14,21H. The number of aromatic hydroxyl groups is 1. The first-order chi connectivity index (χ1) is 10.3. The van der Waals surface area contributed by atoms with E-state index in [-0.39, 0.29) is 5.75 Å². The third kappa shape index (κ3) is 4.32. The Labute approximate surface area is 124 Å². The summed E-state index contributed by atoms with van der Waals surface area (Å²) in [6, 6.07) is 16.0. The first kappa shape index (κ1) is 14.0. The number of benzene rings is 2. The van der Waals surface area contributed by atoms with Crippen molar-refractivity contribution >= 4 is 0 Å². The highest BCUT2D eigenvalue weighted by molar-refractivity contribution is 5.49. The van der Waals surface area contributed by atoms with Crippen LogP contribution in [0.1, 0.15) is 16.7 Å². The fraction of sp³-hybridized carbons (Fsp3) is 0. The van der Waals surface area contributed by atoms with E-state index in [1.165, 1.54) is 0 Å². The second-order valence-electron chi connectivity index (χ2n) is 4.08. The van der Waals surface area contributed by atoms with Crippen molar-refractivity contribution < 1.29 is 5.11 Å². The van der Waals surface area contributed by atoms with Crippen molar-refractivity contribution in [2.24, 2.45) is 0 Å². The summed E-state index contributed by atoms with van der Waals surface area (Å²) >= 11 is 0. The molecule has 2 aromatic rings. The van der Waals surface area contributed by atoms with Crippen LogP contribution in [0.25, 0.3) is 0 Å². The van der Waals surface area contributed by atoms with Gasteiger partial charge in [0.25, 0.3) is 0 Å². The van der Waals surface area contributed by atoms with Gasteiger partial charge < -0.3 is 5.11 Å². The molecule has 21 heavy (non-hydrogen) atoms. The number of hydrogen-bond acceptors (Lipinski definition) is 2. The number of nitriles is 1. The van der Waals surface area contributed by atoms with Crippen LogP contribution in [0.5, 0.6) is 5.75 Å². The van der Waals surface area contributed by atoms with Gasteiger partial charge in [0.05, 0.1) is 5.56 Å². The number of phenols is 1. The molecular weight excluding hydrogens is 258 g/mol. The summed E-state index contributed by atoms with van der Waals surface area (Å²) in [5.74, 6) is 11.8. The highest BCUT2D eigenvalue weighted by atomic mass is 16.3. The molecule has 0 aromatic heterocycles. The molecule has 0 atom stereocenters. The van der Waals surface area contributed by atoms with Crippen LogP contribution in [0.3, 0.4) is 0 Å². The molecular formula is C19H11NO. The van der Waals surface area contributed by atoms with E-state index in [0.717, 1.165) is 5.56 Å². The highest BCUT2D eigenvalue weighted by Crippen LogP contribution is 2.08. The normalized spacial score (nSPS) is 9.10. The zero-order valence-corrected chi connectivity index (χ0v) is 11.2. The van der Waals surface area contributed by atoms with Gasteiger partial charge in [0.1, 0.15) is 11.8 Å². The van der Waals surface area contributed by atoms with Gasteiger partial charge in [-0.05, 0) is 48.6 Å². The highest BCUT2D eigenvalue weighted by Gasteiger charge is 1.94. The van der Waals surface area contributed by atoms with Crippen molar-refractivity contribution in [3.63, 3.8) is 0 Å². The van der Waals surface area contributed by atoms with Crippen molar-refractivity contribution in [3.8, 4) is 35.5 Å². The quantitative estimate of drug-likeness (QED) is 0.746. The van der Waals surface area contributed by atoms with Crippen molar-refractivity contribution in [1.29, 1.82) is 5.26 Å². The Bertz CT molecular complexity index is 816. The molecule has 0 heterocycles. The van der Waals surface area contributed by atoms with Crippen LogP contribution in [-0.4, -0.2) is 5.11 Å². The average molecular weight is 269 g/mol. The van der Waals surface area contributed by atoms with E-state index in [2.05, 4.69) is 29.8 Å². The van der Waals surface area contributed by atoms with Gasteiger partial charge in [-0.3, -0.25) is 0 Å². The van der Waals surface area contributed by atoms with Crippen LogP contribution in [-0.2, 0) is 0 Å². The van der Waals surface area contributed by atoms with Crippen LogP contribution in [0.2, 0.25) is 0 Å². The van der Waals surface area contributed by atoms with Gasteiger partial charge in [-0.2, -0.15) is 5.26 Å². The van der Waals surface area contributed by atoms with Gasteiger partial charge in [0.15, 0.2) is 0 Å². The summed E-state index contributed by atoms with van der Waals surface area (Å²) in [6.45, 7) is 0. The summed E-state index contributed by atoms with van der Waals surface area (Å²) in [7, 11) is 0. The summed E-state index contributed by atoms with van der Waals surface area (Å²) < 4.78 is 0. The second-order valence-corrected chi connectivity index (χ2v) is 4.08. The molecule has 0 radical (unpaired) electrons. The Hall–Kier alpha value is -3.41.